The number of aromatic nitrogens is 1. The summed E-state index contributed by atoms with van der Waals surface area (Å²) in [6.07, 6.45) is 2.52. The zero-order valence-electron chi connectivity index (χ0n) is 14.2. The van der Waals surface area contributed by atoms with Crippen molar-refractivity contribution in [2.24, 2.45) is 5.73 Å². The van der Waals surface area contributed by atoms with E-state index >= 15 is 0 Å². The zero-order valence-corrected chi connectivity index (χ0v) is 15.7. The highest BCUT2D eigenvalue weighted by Gasteiger charge is 2.35. The lowest BCUT2D eigenvalue weighted by atomic mass is 9.96. The maximum Gasteiger partial charge on any atom is 0.200 e. The van der Waals surface area contributed by atoms with E-state index in [1.807, 2.05) is 20.8 Å². The van der Waals surface area contributed by atoms with Crippen LogP contribution in [0.15, 0.2) is 21.4 Å². The van der Waals surface area contributed by atoms with Gasteiger partial charge in [-0.3, -0.25) is 0 Å². The van der Waals surface area contributed by atoms with Gasteiger partial charge < -0.3 is 10.2 Å². The normalized spacial score (nSPS) is 22.9. The van der Waals surface area contributed by atoms with Gasteiger partial charge in [0.2, 0.25) is 5.89 Å². The molecule has 3 rings (SSSR count). The van der Waals surface area contributed by atoms with Gasteiger partial charge in [-0.15, -0.1) is 0 Å². The molecule has 2 aromatic rings. The third-order valence-electron chi connectivity index (χ3n) is 4.55. The van der Waals surface area contributed by atoms with Gasteiger partial charge in [0, 0.05) is 11.5 Å². The molecule has 1 saturated carbocycles. The van der Waals surface area contributed by atoms with Crippen LogP contribution in [0.4, 0.5) is 0 Å². The molecule has 132 valence electrons. The SMILES string of the molecule is CC(C)(C)c1nc2ccc(Cl)c(S(=O)(=O)[C@H]3CC[C@H](N)CC3)c2o1. The van der Waals surface area contributed by atoms with E-state index in [0.29, 0.717) is 37.1 Å². The molecule has 0 spiro atoms. The molecule has 5 nitrogen and oxygen atoms in total. The molecule has 1 aromatic carbocycles. The first kappa shape index (κ1) is 17.7. The smallest absolute Gasteiger partial charge is 0.200 e. The molecule has 0 aliphatic heterocycles. The van der Waals surface area contributed by atoms with Gasteiger partial charge in [0.05, 0.1) is 10.3 Å². The number of hydrogen-bond donors (Lipinski definition) is 1. The molecule has 0 atom stereocenters. The topological polar surface area (TPSA) is 86.2 Å². The van der Waals surface area contributed by atoms with E-state index in [9.17, 15) is 8.42 Å². The molecule has 1 aliphatic rings. The van der Waals surface area contributed by atoms with Crippen LogP contribution in [0.2, 0.25) is 5.02 Å². The molecule has 0 radical (unpaired) electrons. The van der Waals surface area contributed by atoms with Crippen LogP contribution in [0.5, 0.6) is 0 Å². The lowest BCUT2D eigenvalue weighted by Gasteiger charge is -2.26. The van der Waals surface area contributed by atoms with Crippen LogP contribution < -0.4 is 5.73 Å². The molecule has 1 heterocycles. The van der Waals surface area contributed by atoms with Crippen molar-refractivity contribution in [1.29, 1.82) is 0 Å². The molecule has 0 unspecified atom stereocenters. The van der Waals surface area contributed by atoms with Crippen molar-refractivity contribution in [1.82, 2.24) is 4.98 Å². The predicted octanol–water partition coefficient (Wildman–Crippen LogP) is 3.82. The van der Waals surface area contributed by atoms with Crippen molar-refractivity contribution in [3.63, 3.8) is 0 Å². The Kier molecular flexibility index (Phi) is 4.43. The molecule has 1 aliphatic carbocycles. The summed E-state index contributed by atoms with van der Waals surface area (Å²) in [5.41, 5.74) is 6.38. The number of oxazole rings is 1. The highest BCUT2D eigenvalue weighted by atomic mass is 35.5. The van der Waals surface area contributed by atoms with Gasteiger partial charge in [-0.2, -0.15) is 0 Å². The summed E-state index contributed by atoms with van der Waals surface area (Å²) in [5, 5.41) is -0.280. The van der Waals surface area contributed by atoms with Gasteiger partial charge in [-0.25, -0.2) is 13.4 Å². The molecular formula is C17H23ClN2O3S. The molecule has 24 heavy (non-hydrogen) atoms. The van der Waals surface area contributed by atoms with Gasteiger partial charge in [0.15, 0.2) is 15.4 Å². The van der Waals surface area contributed by atoms with Gasteiger partial charge >= 0.3 is 0 Å². The third kappa shape index (κ3) is 3.07. The van der Waals surface area contributed by atoms with Gasteiger partial charge in [0.25, 0.3) is 0 Å². The first-order chi connectivity index (χ1) is 11.1. The second kappa shape index (κ2) is 6.00. The highest BCUT2D eigenvalue weighted by Crippen LogP contribution is 2.38. The van der Waals surface area contributed by atoms with Crippen LogP contribution in [0.25, 0.3) is 11.1 Å². The van der Waals surface area contributed by atoms with E-state index in [1.165, 1.54) is 0 Å². The second-order valence-electron chi connectivity index (χ2n) is 7.58. The summed E-state index contributed by atoms with van der Waals surface area (Å²) in [5.74, 6) is 0.502. The number of fused-ring (bicyclic) bond motifs is 1. The van der Waals surface area contributed by atoms with E-state index < -0.39 is 15.1 Å². The second-order valence-corrected chi connectivity index (χ2v) is 10.1. The van der Waals surface area contributed by atoms with Crippen molar-refractivity contribution in [3.05, 3.63) is 23.0 Å². The maximum absolute atomic E-state index is 13.2. The molecule has 0 saturated heterocycles. The standard InChI is InChI=1S/C17H23ClN2O3S/c1-17(2,3)16-20-13-9-8-12(18)15(14(13)23-16)24(21,22)11-6-4-10(19)5-7-11/h8-11H,4-7,19H2,1-3H3/t10-,11-. The van der Waals surface area contributed by atoms with Crippen LogP contribution in [0, 0.1) is 0 Å². The van der Waals surface area contributed by atoms with Crippen molar-refractivity contribution in [3.8, 4) is 0 Å². The minimum absolute atomic E-state index is 0.0742. The Morgan fingerprint density at radius 3 is 2.42 bits per heavy atom. The van der Waals surface area contributed by atoms with Crippen molar-refractivity contribution >= 4 is 32.5 Å². The van der Waals surface area contributed by atoms with Gasteiger partial charge in [-0.1, -0.05) is 32.4 Å². The molecule has 2 N–H and O–H groups in total. The zero-order chi connectivity index (χ0) is 17.7. The number of rotatable bonds is 2. The molecule has 7 heteroatoms. The quantitative estimate of drug-likeness (QED) is 0.868. The van der Waals surface area contributed by atoms with Gasteiger partial charge in [0.1, 0.15) is 10.4 Å². The first-order valence-corrected chi connectivity index (χ1v) is 10.1. The number of hydrogen-bond acceptors (Lipinski definition) is 5. The summed E-state index contributed by atoms with van der Waals surface area (Å²) < 4.78 is 32.2. The fourth-order valence-corrected chi connectivity index (χ4v) is 5.54. The average molecular weight is 371 g/mol. The predicted molar refractivity (Wildman–Crippen MR) is 95.1 cm³/mol. The number of nitrogens with two attached hydrogens (primary N) is 1. The van der Waals surface area contributed by atoms with E-state index in [1.54, 1.807) is 12.1 Å². The van der Waals surface area contributed by atoms with Crippen molar-refractivity contribution in [2.75, 3.05) is 0 Å². The van der Waals surface area contributed by atoms with E-state index in [-0.39, 0.29) is 27.0 Å². The summed E-state index contributed by atoms with van der Waals surface area (Å²) >= 11 is 6.27. The Morgan fingerprint density at radius 1 is 1.21 bits per heavy atom. The summed E-state index contributed by atoms with van der Waals surface area (Å²) in [7, 11) is -3.60. The Hall–Kier alpha value is -1.11. The lowest BCUT2D eigenvalue weighted by molar-refractivity contribution is 0.407. The number of halogens is 1. The molecular weight excluding hydrogens is 348 g/mol. The summed E-state index contributed by atoms with van der Waals surface area (Å²) in [6.45, 7) is 5.90. The maximum atomic E-state index is 13.2. The van der Waals surface area contributed by atoms with E-state index in [4.69, 9.17) is 21.8 Å². The fourth-order valence-electron chi connectivity index (χ4n) is 3.10. The van der Waals surface area contributed by atoms with Crippen LogP contribution >= 0.6 is 11.6 Å². The Bertz CT molecular complexity index is 860. The first-order valence-electron chi connectivity index (χ1n) is 8.19. The average Bonchev–Trinajstić information content (AvgIpc) is 2.91. The van der Waals surface area contributed by atoms with Crippen LogP contribution in [0.3, 0.4) is 0 Å². The number of benzene rings is 1. The lowest BCUT2D eigenvalue weighted by Crippen LogP contribution is -2.33. The minimum Gasteiger partial charge on any atom is -0.439 e. The summed E-state index contributed by atoms with van der Waals surface area (Å²) in [6, 6.07) is 3.37. The molecule has 0 bridgehead atoms. The number of nitrogens with zero attached hydrogens (tertiary/aromatic N) is 1. The Balaban J connectivity index is 2.14. The van der Waals surface area contributed by atoms with E-state index in [2.05, 4.69) is 4.98 Å². The summed E-state index contributed by atoms with van der Waals surface area (Å²) in [4.78, 5) is 4.52. The highest BCUT2D eigenvalue weighted by molar-refractivity contribution is 7.92. The van der Waals surface area contributed by atoms with Crippen LogP contribution in [-0.4, -0.2) is 24.7 Å². The fraction of sp³-hybridized carbons (Fsp3) is 0.588. The van der Waals surface area contributed by atoms with Crippen molar-refractivity contribution in [2.45, 2.75) is 68.1 Å². The number of sulfone groups is 1. The Morgan fingerprint density at radius 2 is 1.83 bits per heavy atom. The third-order valence-corrected chi connectivity index (χ3v) is 7.30. The molecule has 1 fully saturated rings. The minimum atomic E-state index is -3.60. The van der Waals surface area contributed by atoms with E-state index in [0.717, 1.165) is 0 Å². The largest absolute Gasteiger partial charge is 0.439 e. The van der Waals surface area contributed by atoms with Crippen molar-refractivity contribution < 1.29 is 12.8 Å². The monoisotopic (exact) mass is 370 g/mol. The van der Waals surface area contributed by atoms with Crippen LogP contribution in [0.1, 0.15) is 52.3 Å². The molecule has 1 aromatic heterocycles. The van der Waals surface area contributed by atoms with Crippen LogP contribution in [-0.2, 0) is 15.3 Å². The molecule has 0 amide bonds. The van der Waals surface area contributed by atoms with Gasteiger partial charge in [-0.05, 0) is 37.8 Å². The Labute approximate surface area is 147 Å².